The molecular formula is C23H40N2O7Si2. The summed E-state index contributed by atoms with van der Waals surface area (Å²) in [4.78, 5) is 39.1. The van der Waals surface area contributed by atoms with E-state index in [0.717, 1.165) is 6.29 Å². The first-order valence-corrected chi connectivity index (χ1v) is 16.1. The van der Waals surface area contributed by atoms with Crippen molar-refractivity contribution in [2.45, 2.75) is 103 Å². The summed E-state index contributed by atoms with van der Waals surface area (Å²) in [6.45, 7) is 18.9. The van der Waals surface area contributed by atoms with Crippen molar-refractivity contribution in [2.75, 3.05) is 6.61 Å². The zero-order valence-electron chi connectivity index (χ0n) is 21.8. The molecule has 1 aromatic rings. The number of hydrogen-bond acceptors (Lipinski definition) is 7. The van der Waals surface area contributed by atoms with Crippen molar-refractivity contribution >= 4 is 23.4 Å². The molecule has 0 aliphatic carbocycles. The van der Waals surface area contributed by atoms with Crippen LogP contribution in [0.25, 0.3) is 0 Å². The second kappa shape index (κ2) is 9.59. The van der Waals surface area contributed by atoms with E-state index in [4.69, 9.17) is 17.7 Å². The fourth-order valence-electron chi connectivity index (χ4n) is 5.48. The topological polar surface area (TPSA) is 109 Å². The second-order valence-corrected chi connectivity index (χ2v) is 19.9. The molecule has 9 nitrogen and oxygen atoms in total. The lowest BCUT2D eigenvalue weighted by molar-refractivity contribution is -0.125. The summed E-state index contributed by atoms with van der Waals surface area (Å²) in [5.41, 5.74) is -1.82. The lowest BCUT2D eigenvalue weighted by Crippen LogP contribution is -2.66. The maximum absolute atomic E-state index is 12.6. The molecule has 4 unspecified atom stereocenters. The minimum atomic E-state index is -2.97. The van der Waals surface area contributed by atoms with Gasteiger partial charge in [-0.25, -0.2) is 4.79 Å². The van der Waals surface area contributed by atoms with Crippen molar-refractivity contribution in [3.63, 3.8) is 0 Å². The van der Waals surface area contributed by atoms with Crippen molar-refractivity contribution in [1.29, 1.82) is 0 Å². The van der Waals surface area contributed by atoms with E-state index in [-0.39, 0.29) is 28.8 Å². The predicted molar refractivity (Wildman–Crippen MR) is 133 cm³/mol. The van der Waals surface area contributed by atoms with Crippen LogP contribution >= 0.6 is 0 Å². The van der Waals surface area contributed by atoms with Crippen LogP contribution in [-0.2, 0) is 22.5 Å². The Morgan fingerprint density at radius 2 is 1.59 bits per heavy atom. The predicted octanol–water partition coefficient (Wildman–Crippen LogP) is 3.60. The fraction of sp³-hybridized carbons (Fsp3) is 0.783. The lowest BCUT2D eigenvalue weighted by atomic mass is 9.84. The number of fused-ring (bicyclic) bond motifs is 1. The van der Waals surface area contributed by atoms with Gasteiger partial charge in [-0.3, -0.25) is 14.3 Å². The molecule has 3 rings (SSSR count). The monoisotopic (exact) mass is 512 g/mol. The van der Waals surface area contributed by atoms with Crippen LogP contribution in [-0.4, -0.2) is 51.8 Å². The van der Waals surface area contributed by atoms with Gasteiger partial charge in [0.1, 0.15) is 12.4 Å². The quantitative estimate of drug-likeness (QED) is 0.458. The number of rotatable bonds is 6. The molecule has 34 heavy (non-hydrogen) atoms. The Morgan fingerprint density at radius 1 is 1.03 bits per heavy atom. The van der Waals surface area contributed by atoms with E-state index in [1.54, 1.807) is 6.92 Å². The number of carbonyl (C=O) groups is 1. The van der Waals surface area contributed by atoms with E-state index < -0.39 is 52.2 Å². The smallest absolute Gasteiger partial charge is 0.335 e. The number of H-pyrrole nitrogens is 1. The molecule has 4 atom stereocenters. The summed E-state index contributed by atoms with van der Waals surface area (Å²) in [5.74, 6) is 0. The van der Waals surface area contributed by atoms with Crippen LogP contribution in [0.5, 0.6) is 0 Å². The number of aromatic amines is 1. The Bertz CT molecular complexity index is 990. The molecule has 2 saturated heterocycles. The summed E-state index contributed by atoms with van der Waals surface area (Å²) in [6.07, 6.45) is -0.0304. The summed E-state index contributed by atoms with van der Waals surface area (Å²) < 4.78 is 28.6. The van der Waals surface area contributed by atoms with Gasteiger partial charge in [0.2, 0.25) is 0 Å². The van der Waals surface area contributed by atoms with E-state index in [1.807, 2.05) is 0 Å². The van der Waals surface area contributed by atoms with Crippen molar-refractivity contribution in [3.05, 3.63) is 33.1 Å². The molecule has 11 heteroatoms. The highest BCUT2D eigenvalue weighted by Gasteiger charge is 2.64. The Morgan fingerprint density at radius 3 is 2.06 bits per heavy atom. The first-order chi connectivity index (χ1) is 15.7. The molecule has 2 aliphatic heterocycles. The van der Waals surface area contributed by atoms with Gasteiger partial charge in [-0.05, 0) is 29.1 Å². The summed E-state index contributed by atoms with van der Waals surface area (Å²) in [6, 6.07) is 1.24. The van der Waals surface area contributed by atoms with E-state index in [9.17, 15) is 14.4 Å². The third-order valence-electron chi connectivity index (χ3n) is 7.47. The first-order valence-electron chi connectivity index (χ1n) is 12.2. The Kier molecular flexibility index (Phi) is 7.67. The van der Waals surface area contributed by atoms with Gasteiger partial charge >= 0.3 is 22.8 Å². The van der Waals surface area contributed by atoms with Crippen molar-refractivity contribution in [2.24, 2.45) is 5.41 Å². The zero-order chi connectivity index (χ0) is 25.6. The minimum absolute atomic E-state index is 0.0879. The fourth-order valence-corrected chi connectivity index (χ4v) is 16.8. The molecule has 1 aromatic heterocycles. The van der Waals surface area contributed by atoms with E-state index in [0.29, 0.717) is 0 Å². The van der Waals surface area contributed by atoms with Gasteiger partial charge in [0.25, 0.3) is 5.56 Å². The van der Waals surface area contributed by atoms with Gasteiger partial charge in [-0.2, -0.15) is 0 Å². The number of hydrogen-bond donors (Lipinski definition) is 1. The normalized spacial score (nSPS) is 31.0. The van der Waals surface area contributed by atoms with Crippen molar-refractivity contribution < 1.29 is 22.5 Å². The van der Waals surface area contributed by atoms with Gasteiger partial charge in [-0.1, -0.05) is 55.4 Å². The van der Waals surface area contributed by atoms with Crippen LogP contribution in [0, 0.1) is 5.41 Å². The minimum Gasteiger partial charge on any atom is -0.414 e. The van der Waals surface area contributed by atoms with Gasteiger partial charge in [0.05, 0.1) is 18.1 Å². The van der Waals surface area contributed by atoms with E-state index in [2.05, 4.69) is 60.4 Å². The molecule has 0 saturated carbocycles. The Labute approximate surface area is 203 Å². The number of carbonyl (C=O) groups excluding carboxylic acids is 1. The highest BCUT2D eigenvalue weighted by Crippen LogP contribution is 2.52. The SMILES string of the molecule is CC(C)[Si]1(C(C)C)OCC2OC(n3ccc(=O)[nH]c3=O)C(C)(C=O)C2O[Si](C(C)C)(C(C)C)O1. The number of nitrogens with zero attached hydrogens (tertiary/aromatic N) is 1. The standard InChI is InChI=1S/C23H40N2O7Si2/c1-14(2)33(15(3)4)29-12-18-20(31-34(32-33,16(5)6)17(7)8)23(9,13-26)21(30-18)25-11-10-19(27)24-22(25)28/h10-11,13-18,20-21H,12H2,1-9H3,(H,24,27,28). The molecule has 2 fully saturated rings. The average molecular weight is 513 g/mol. The maximum Gasteiger partial charge on any atom is 0.335 e. The van der Waals surface area contributed by atoms with Crippen molar-refractivity contribution in [3.8, 4) is 0 Å². The van der Waals surface area contributed by atoms with Crippen LogP contribution in [0.1, 0.15) is 68.5 Å². The lowest BCUT2D eigenvalue weighted by Gasteiger charge is -2.52. The van der Waals surface area contributed by atoms with Gasteiger partial charge in [0, 0.05) is 12.3 Å². The Hall–Kier alpha value is -1.38. The summed E-state index contributed by atoms with van der Waals surface area (Å²) in [5, 5.41) is 0. The van der Waals surface area contributed by atoms with Crippen LogP contribution in [0.3, 0.4) is 0 Å². The highest BCUT2D eigenvalue weighted by molar-refractivity contribution is 6.84. The van der Waals surface area contributed by atoms with Crippen LogP contribution in [0.2, 0.25) is 22.2 Å². The van der Waals surface area contributed by atoms with Crippen LogP contribution < -0.4 is 11.2 Å². The number of ether oxygens (including phenoxy) is 1. The molecule has 192 valence electrons. The third kappa shape index (κ3) is 4.24. The summed E-state index contributed by atoms with van der Waals surface area (Å²) in [7, 11) is -5.74. The van der Waals surface area contributed by atoms with Gasteiger partial charge in [0.15, 0.2) is 6.23 Å². The summed E-state index contributed by atoms with van der Waals surface area (Å²) >= 11 is 0. The molecule has 0 radical (unpaired) electrons. The van der Waals surface area contributed by atoms with Crippen molar-refractivity contribution in [1.82, 2.24) is 9.55 Å². The molecule has 2 aliphatic rings. The molecule has 0 spiro atoms. The van der Waals surface area contributed by atoms with Crippen LogP contribution in [0.15, 0.2) is 21.9 Å². The first kappa shape index (κ1) is 27.2. The van der Waals surface area contributed by atoms with Gasteiger partial charge in [-0.15, -0.1) is 0 Å². The van der Waals surface area contributed by atoms with E-state index >= 15 is 0 Å². The molecule has 0 amide bonds. The highest BCUT2D eigenvalue weighted by atomic mass is 28.5. The molecular weight excluding hydrogens is 472 g/mol. The van der Waals surface area contributed by atoms with E-state index in [1.165, 1.54) is 16.8 Å². The molecule has 1 N–H and O–H groups in total. The average Bonchev–Trinajstić information content (AvgIpc) is 2.98. The molecule has 0 bridgehead atoms. The van der Waals surface area contributed by atoms with Crippen LogP contribution in [0.4, 0.5) is 0 Å². The van der Waals surface area contributed by atoms with Gasteiger partial charge < -0.3 is 22.5 Å². The second-order valence-electron chi connectivity index (χ2n) is 11.0. The largest absolute Gasteiger partial charge is 0.414 e. The molecule has 3 heterocycles. The Balaban J connectivity index is 2.19. The third-order valence-corrected chi connectivity index (χ3v) is 17.7. The maximum atomic E-state index is 12.6. The number of aldehydes is 1. The molecule has 0 aromatic carbocycles. The number of aromatic nitrogens is 2. The zero-order valence-corrected chi connectivity index (χ0v) is 23.8. The number of nitrogens with one attached hydrogen (secondary N) is 1.